The van der Waals surface area contributed by atoms with Crippen molar-refractivity contribution in [3.05, 3.63) is 34.9 Å². The molecule has 0 radical (unpaired) electrons. The van der Waals surface area contributed by atoms with Gasteiger partial charge >= 0.3 is 0 Å². The molecule has 1 fully saturated rings. The van der Waals surface area contributed by atoms with Crippen LogP contribution in [0.15, 0.2) is 18.2 Å². The number of hydrogen-bond acceptors (Lipinski definition) is 2. The summed E-state index contributed by atoms with van der Waals surface area (Å²) in [6.07, 6.45) is 2.66. The van der Waals surface area contributed by atoms with E-state index in [2.05, 4.69) is 56.2 Å². The first-order chi connectivity index (χ1) is 9.11. The van der Waals surface area contributed by atoms with Crippen LogP contribution < -0.4 is 5.32 Å². The molecule has 1 aliphatic heterocycles. The summed E-state index contributed by atoms with van der Waals surface area (Å²) in [5, 5.41) is 3.31. The fourth-order valence-electron chi connectivity index (χ4n) is 3.32. The van der Waals surface area contributed by atoms with Crippen molar-refractivity contribution in [2.24, 2.45) is 5.92 Å². The number of aryl methyl sites for hydroxylation is 2. The lowest BCUT2D eigenvalue weighted by Gasteiger charge is -2.36. The number of likely N-dealkylation sites (tertiary alicyclic amines) is 1. The van der Waals surface area contributed by atoms with Crippen molar-refractivity contribution in [3.8, 4) is 0 Å². The second-order valence-corrected chi connectivity index (χ2v) is 6.07. The van der Waals surface area contributed by atoms with E-state index in [1.807, 2.05) is 0 Å². The van der Waals surface area contributed by atoms with E-state index in [0.717, 1.165) is 5.92 Å². The summed E-state index contributed by atoms with van der Waals surface area (Å²) >= 11 is 0. The average Bonchev–Trinajstić information content (AvgIpc) is 2.39. The predicted octanol–water partition coefficient (Wildman–Crippen LogP) is 3.30. The van der Waals surface area contributed by atoms with Gasteiger partial charge in [0.2, 0.25) is 0 Å². The number of nitrogens with zero attached hydrogens (tertiary/aromatic N) is 1. The van der Waals surface area contributed by atoms with Crippen LogP contribution in [0.1, 0.15) is 42.5 Å². The van der Waals surface area contributed by atoms with Gasteiger partial charge in [0.05, 0.1) is 0 Å². The Morgan fingerprint density at radius 3 is 2.53 bits per heavy atom. The standard InChI is InChI=1S/C17H28N2/c1-13-5-6-17(14(2)11-13)15(3)19-9-7-16(8-10-19)12-18-4/h5-6,11,15-16,18H,7-10,12H2,1-4H3. The normalized spacial score (nSPS) is 19.6. The van der Waals surface area contributed by atoms with Gasteiger partial charge in [0.25, 0.3) is 0 Å². The Labute approximate surface area is 118 Å². The Kier molecular flexibility index (Phi) is 5.00. The first-order valence-electron chi connectivity index (χ1n) is 7.57. The Hall–Kier alpha value is -0.860. The lowest BCUT2D eigenvalue weighted by molar-refractivity contribution is 0.140. The van der Waals surface area contributed by atoms with Gasteiger partial charge in [-0.2, -0.15) is 0 Å². The van der Waals surface area contributed by atoms with Gasteiger partial charge in [-0.1, -0.05) is 23.8 Å². The molecule has 1 saturated heterocycles. The molecule has 0 bridgehead atoms. The Morgan fingerprint density at radius 1 is 1.26 bits per heavy atom. The van der Waals surface area contributed by atoms with E-state index in [1.54, 1.807) is 0 Å². The third-order valence-electron chi connectivity index (χ3n) is 4.57. The van der Waals surface area contributed by atoms with Gasteiger partial charge in [0, 0.05) is 6.04 Å². The molecule has 1 atom stereocenters. The minimum atomic E-state index is 0.552. The first-order valence-corrected chi connectivity index (χ1v) is 7.57. The molecule has 2 nitrogen and oxygen atoms in total. The molecule has 1 N–H and O–H groups in total. The summed E-state index contributed by atoms with van der Waals surface area (Å²) < 4.78 is 0. The van der Waals surface area contributed by atoms with Crippen LogP contribution in [0.2, 0.25) is 0 Å². The smallest absolute Gasteiger partial charge is 0.0322 e. The fraction of sp³-hybridized carbons (Fsp3) is 0.647. The maximum Gasteiger partial charge on any atom is 0.0322 e. The Morgan fingerprint density at radius 2 is 1.95 bits per heavy atom. The molecule has 0 aliphatic carbocycles. The van der Waals surface area contributed by atoms with Crippen molar-refractivity contribution in [3.63, 3.8) is 0 Å². The van der Waals surface area contributed by atoms with Crippen LogP contribution >= 0.6 is 0 Å². The van der Waals surface area contributed by atoms with Gasteiger partial charge in [0.1, 0.15) is 0 Å². The highest BCUT2D eigenvalue weighted by atomic mass is 15.2. The second-order valence-electron chi connectivity index (χ2n) is 6.07. The van der Waals surface area contributed by atoms with E-state index < -0.39 is 0 Å². The molecule has 1 heterocycles. The highest BCUT2D eigenvalue weighted by Crippen LogP contribution is 2.28. The van der Waals surface area contributed by atoms with Crippen molar-refractivity contribution < 1.29 is 0 Å². The summed E-state index contributed by atoms with van der Waals surface area (Å²) in [5.41, 5.74) is 4.30. The summed E-state index contributed by atoms with van der Waals surface area (Å²) in [7, 11) is 2.06. The molecule has 1 aliphatic rings. The monoisotopic (exact) mass is 260 g/mol. The zero-order valence-electron chi connectivity index (χ0n) is 12.9. The minimum Gasteiger partial charge on any atom is -0.319 e. The molecular formula is C17H28N2. The third kappa shape index (κ3) is 3.58. The van der Waals surface area contributed by atoms with Crippen LogP contribution in [-0.2, 0) is 0 Å². The maximum atomic E-state index is 3.31. The highest BCUT2D eigenvalue weighted by molar-refractivity contribution is 5.32. The molecule has 2 heteroatoms. The molecule has 0 spiro atoms. The van der Waals surface area contributed by atoms with Crippen molar-refractivity contribution >= 4 is 0 Å². The topological polar surface area (TPSA) is 15.3 Å². The third-order valence-corrected chi connectivity index (χ3v) is 4.57. The lowest BCUT2D eigenvalue weighted by Crippen LogP contribution is -2.38. The van der Waals surface area contributed by atoms with E-state index >= 15 is 0 Å². The summed E-state index contributed by atoms with van der Waals surface area (Å²) in [6, 6.07) is 7.41. The highest BCUT2D eigenvalue weighted by Gasteiger charge is 2.23. The molecule has 0 amide bonds. The molecule has 19 heavy (non-hydrogen) atoms. The molecule has 2 rings (SSSR count). The number of benzene rings is 1. The molecule has 106 valence electrons. The largest absolute Gasteiger partial charge is 0.319 e. The van der Waals surface area contributed by atoms with Crippen LogP contribution in [0.4, 0.5) is 0 Å². The van der Waals surface area contributed by atoms with E-state index in [-0.39, 0.29) is 0 Å². The number of rotatable bonds is 4. The van der Waals surface area contributed by atoms with Crippen molar-refractivity contribution in [2.75, 3.05) is 26.7 Å². The first kappa shape index (κ1) is 14.5. The van der Waals surface area contributed by atoms with Gasteiger partial charge in [-0.05, 0) is 77.3 Å². The van der Waals surface area contributed by atoms with Gasteiger partial charge in [-0.3, -0.25) is 4.90 Å². The summed E-state index contributed by atoms with van der Waals surface area (Å²) in [5.74, 6) is 0.868. The number of nitrogens with one attached hydrogen (secondary N) is 1. The lowest BCUT2D eigenvalue weighted by atomic mass is 9.93. The zero-order valence-corrected chi connectivity index (χ0v) is 12.9. The van der Waals surface area contributed by atoms with E-state index in [0.29, 0.717) is 6.04 Å². The van der Waals surface area contributed by atoms with Crippen LogP contribution in [-0.4, -0.2) is 31.6 Å². The van der Waals surface area contributed by atoms with Crippen LogP contribution in [0.5, 0.6) is 0 Å². The van der Waals surface area contributed by atoms with Gasteiger partial charge in [0.15, 0.2) is 0 Å². The number of hydrogen-bond donors (Lipinski definition) is 1. The van der Waals surface area contributed by atoms with Gasteiger partial charge in [-0.15, -0.1) is 0 Å². The zero-order chi connectivity index (χ0) is 13.8. The van der Waals surface area contributed by atoms with Crippen LogP contribution in [0.25, 0.3) is 0 Å². The Bertz CT molecular complexity index is 406. The minimum absolute atomic E-state index is 0.552. The predicted molar refractivity (Wildman–Crippen MR) is 82.6 cm³/mol. The van der Waals surface area contributed by atoms with Crippen molar-refractivity contribution in [2.45, 2.75) is 39.7 Å². The Balaban J connectivity index is 1.99. The van der Waals surface area contributed by atoms with Crippen LogP contribution in [0, 0.1) is 19.8 Å². The van der Waals surface area contributed by atoms with Crippen molar-refractivity contribution in [1.82, 2.24) is 10.2 Å². The van der Waals surface area contributed by atoms with Gasteiger partial charge in [-0.25, -0.2) is 0 Å². The molecule has 0 saturated carbocycles. The number of piperidine rings is 1. The average molecular weight is 260 g/mol. The summed E-state index contributed by atoms with van der Waals surface area (Å²) in [4.78, 5) is 2.64. The fourth-order valence-corrected chi connectivity index (χ4v) is 3.32. The van der Waals surface area contributed by atoms with E-state index in [9.17, 15) is 0 Å². The second kappa shape index (κ2) is 6.53. The molecule has 1 aromatic rings. The van der Waals surface area contributed by atoms with E-state index in [1.165, 1.54) is 49.2 Å². The summed E-state index contributed by atoms with van der Waals surface area (Å²) in [6.45, 7) is 10.4. The SMILES string of the molecule is CNCC1CCN(C(C)c2ccc(C)cc2C)CC1. The molecule has 1 aromatic carbocycles. The van der Waals surface area contributed by atoms with Crippen LogP contribution in [0.3, 0.4) is 0 Å². The maximum absolute atomic E-state index is 3.31. The molecule has 0 aromatic heterocycles. The molecule has 1 unspecified atom stereocenters. The molecular weight excluding hydrogens is 232 g/mol. The quantitative estimate of drug-likeness (QED) is 0.893. The van der Waals surface area contributed by atoms with Gasteiger partial charge < -0.3 is 5.32 Å². The van der Waals surface area contributed by atoms with E-state index in [4.69, 9.17) is 0 Å². The van der Waals surface area contributed by atoms with Crippen molar-refractivity contribution in [1.29, 1.82) is 0 Å².